The topological polar surface area (TPSA) is 0 Å². The van der Waals surface area contributed by atoms with Crippen molar-refractivity contribution in [3.8, 4) is 0 Å². The molecular formula is C40H36P3+3. The van der Waals surface area contributed by atoms with Gasteiger partial charge in [0.25, 0.3) is 0 Å². The third-order valence-corrected chi connectivity index (χ3v) is 29.5. The molecule has 2 aliphatic heterocycles. The molecule has 6 aromatic rings. The molecule has 0 amide bonds. The third-order valence-electron chi connectivity index (χ3n) is 10.1. The molecule has 2 heterocycles. The zero-order chi connectivity index (χ0) is 28.7. The first-order valence-electron chi connectivity index (χ1n) is 15.3. The first kappa shape index (κ1) is 27.2. The molecule has 2 atom stereocenters. The summed E-state index contributed by atoms with van der Waals surface area (Å²) in [7, 11) is -5.54. The molecule has 0 spiro atoms. The lowest BCUT2D eigenvalue weighted by Crippen LogP contribution is -2.40. The van der Waals surface area contributed by atoms with Gasteiger partial charge in [-0.1, -0.05) is 109 Å². The van der Waals surface area contributed by atoms with Crippen LogP contribution in [-0.2, 0) is 0 Å². The molecule has 2 saturated heterocycles. The van der Waals surface area contributed by atoms with Gasteiger partial charge < -0.3 is 0 Å². The highest BCUT2D eigenvalue weighted by molar-refractivity contribution is 8.18. The van der Waals surface area contributed by atoms with Crippen LogP contribution < -0.4 is 31.8 Å². The third kappa shape index (κ3) is 3.94. The first-order chi connectivity index (χ1) is 21.3. The van der Waals surface area contributed by atoms with Gasteiger partial charge in [-0.15, -0.1) is 0 Å². The van der Waals surface area contributed by atoms with Gasteiger partial charge in [-0.05, 0) is 72.8 Å². The molecule has 0 aromatic heterocycles. The molecule has 2 aliphatic rings. The van der Waals surface area contributed by atoms with Crippen molar-refractivity contribution in [1.29, 1.82) is 0 Å². The molecule has 0 aliphatic carbocycles. The summed E-state index contributed by atoms with van der Waals surface area (Å²) < 4.78 is 0. The largest absolute Gasteiger partial charge is 0.225 e. The van der Waals surface area contributed by atoms with Gasteiger partial charge in [-0.25, -0.2) is 0 Å². The van der Waals surface area contributed by atoms with Crippen LogP contribution in [0.5, 0.6) is 0 Å². The monoisotopic (exact) mass is 609 g/mol. The Morgan fingerprint density at radius 3 is 0.721 bits per heavy atom. The quantitative estimate of drug-likeness (QED) is 0.170. The minimum atomic E-state index is -1.93. The van der Waals surface area contributed by atoms with Crippen molar-refractivity contribution in [3.05, 3.63) is 182 Å². The van der Waals surface area contributed by atoms with E-state index in [0.29, 0.717) is 10.8 Å². The zero-order valence-corrected chi connectivity index (χ0v) is 26.9. The Hall–Kier alpha value is -3.39. The van der Waals surface area contributed by atoms with Crippen molar-refractivity contribution in [2.45, 2.75) is 10.8 Å². The van der Waals surface area contributed by atoms with Crippen LogP contribution in [0.25, 0.3) is 0 Å². The maximum atomic E-state index is 2.49. The summed E-state index contributed by atoms with van der Waals surface area (Å²) in [5.41, 5.74) is 0. The summed E-state index contributed by atoms with van der Waals surface area (Å²) in [6.07, 6.45) is 2.53. The predicted octanol–water partition coefficient (Wildman–Crippen LogP) is 7.67. The van der Waals surface area contributed by atoms with Crippen LogP contribution in [-0.4, -0.2) is 23.1 Å². The highest BCUT2D eigenvalue weighted by Crippen LogP contribution is 3.00. The minimum Gasteiger partial charge on any atom is -0.0620 e. The maximum absolute atomic E-state index is 2.49. The van der Waals surface area contributed by atoms with E-state index in [0.717, 1.165) is 0 Å². The number of hydrogen-bond donors (Lipinski definition) is 0. The molecule has 2 bridgehead atoms. The van der Waals surface area contributed by atoms with Gasteiger partial charge >= 0.3 is 0 Å². The molecule has 2 fully saturated rings. The summed E-state index contributed by atoms with van der Waals surface area (Å²) in [6.45, 7) is 0. The van der Waals surface area contributed by atoms with E-state index in [-0.39, 0.29) is 0 Å². The van der Waals surface area contributed by atoms with Crippen LogP contribution in [0.1, 0.15) is 0 Å². The standard InChI is InChI=1S/C40H36P3/c1-7-19-33(20-8-1)41(34-21-9-2-10-22-34)31-40-42(35-23-11-3-12-24-35,36-25-13-4-14-26-36)32-39(41)43(40,37-27-15-5-16-28-37)38-29-17-6-18-30-38/h1-30,39-40H,31-32H2/q+3. The van der Waals surface area contributed by atoms with Gasteiger partial charge in [-0.2, -0.15) is 0 Å². The fraction of sp³-hybridized carbons (Fsp3) is 0.100. The van der Waals surface area contributed by atoms with Crippen molar-refractivity contribution in [2.75, 3.05) is 12.3 Å². The van der Waals surface area contributed by atoms with E-state index in [1.54, 1.807) is 31.8 Å². The van der Waals surface area contributed by atoms with Crippen LogP contribution >= 0.6 is 21.8 Å². The molecule has 8 rings (SSSR count). The van der Waals surface area contributed by atoms with E-state index in [2.05, 4.69) is 182 Å². The highest BCUT2D eigenvalue weighted by atomic mass is 31.3. The van der Waals surface area contributed by atoms with Crippen molar-refractivity contribution in [1.82, 2.24) is 0 Å². The highest BCUT2D eigenvalue weighted by Gasteiger charge is 2.91. The molecule has 3 heteroatoms. The molecule has 0 radical (unpaired) electrons. The second-order valence-corrected chi connectivity index (χ2v) is 24.0. The van der Waals surface area contributed by atoms with Crippen molar-refractivity contribution in [3.63, 3.8) is 0 Å². The molecule has 43 heavy (non-hydrogen) atoms. The normalized spacial score (nSPS) is 20.9. The van der Waals surface area contributed by atoms with E-state index in [1.807, 2.05) is 0 Å². The summed E-state index contributed by atoms with van der Waals surface area (Å²) >= 11 is 0. The summed E-state index contributed by atoms with van der Waals surface area (Å²) in [6, 6.07) is 70.4. The molecule has 0 N–H and O–H groups in total. The van der Waals surface area contributed by atoms with Gasteiger partial charge in [-0.3, -0.25) is 0 Å². The molecule has 6 aromatic carbocycles. The lowest BCUT2D eigenvalue weighted by molar-refractivity contribution is 1.30. The average molecular weight is 610 g/mol. The smallest absolute Gasteiger partial charge is 0.0620 e. The van der Waals surface area contributed by atoms with Crippen molar-refractivity contribution in [2.24, 2.45) is 0 Å². The second-order valence-electron chi connectivity index (χ2n) is 11.9. The molecular weight excluding hydrogens is 573 g/mol. The van der Waals surface area contributed by atoms with Crippen LogP contribution in [0, 0.1) is 0 Å². The Bertz CT molecular complexity index is 1590. The Morgan fingerprint density at radius 2 is 0.488 bits per heavy atom. The summed E-state index contributed by atoms with van der Waals surface area (Å²) in [5.74, 6) is 0. The Kier molecular flexibility index (Phi) is 6.92. The number of benzene rings is 6. The Labute approximate surface area is 257 Å². The van der Waals surface area contributed by atoms with Gasteiger partial charge in [0.2, 0.25) is 10.8 Å². The fourth-order valence-corrected chi connectivity index (χ4v) is 36.4. The van der Waals surface area contributed by atoms with E-state index in [4.69, 9.17) is 0 Å². The average Bonchev–Trinajstić information content (AvgIpc) is 3.59. The van der Waals surface area contributed by atoms with Crippen molar-refractivity contribution >= 4 is 53.6 Å². The Balaban J connectivity index is 1.52. The lowest BCUT2D eigenvalue weighted by atomic mass is 10.4. The van der Waals surface area contributed by atoms with E-state index in [1.165, 1.54) is 12.3 Å². The van der Waals surface area contributed by atoms with Gasteiger partial charge in [0.05, 0.1) is 0 Å². The SMILES string of the molecule is c1ccc([P+]2(c3ccccc3)CC3[P+](c4ccccc4)(c4ccccc4)CC2[P+]3(c2ccccc2)c2ccccc2)cc1. The number of rotatable bonds is 6. The van der Waals surface area contributed by atoms with Crippen LogP contribution in [0.15, 0.2) is 182 Å². The summed E-state index contributed by atoms with van der Waals surface area (Å²) in [4.78, 5) is 0. The summed E-state index contributed by atoms with van der Waals surface area (Å²) in [5, 5.41) is 10.7. The van der Waals surface area contributed by atoms with Crippen LogP contribution in [0.3, 0.4) is 0 Å². The lowest BCUT2D eigenvalue weighted by Gasteiger charge is -2.33. The van der Waals surface area contributed by atoms with E-state index in [9.17, 15) is 0 Å². The van der Waals surface area contributed by atoms with Crippen LogP contribution in [0.2, 0.25) is 0 Å². The van der Waals surface area contributed by atoms with Gasteiger partial charge in [0.1, 0.15) is 58.7 Å². The Morgan fingerprint density at radius 1 is 0.279 bits per heavy atom. The molecule has 0 nitrogen and oxygen atoms in total. The van der Waals surface area contributed by atoms with Gasteiger partial charge in [0.15, 0.2) is 7.26 Å². The minimum absolute atomic E-state index is 0.577. The first-order valence-corrected chi connectivity index (χ1v) is 21.3. The number of fused-ring (bicyclic) bond motifs is 2. The molecule has 208 valence electrons. The van der Waals surface area contributed by atoms with E-state index >= 15 is 0 Å². The van der Waals surface area contributed by atoms with E-state index < -0.39 is 21.8 Å². The number of hydrogen-bond acceptors (Lipinski definition) is 0. The van der Waals surface area contributed by atoms with Gasteiger partial charge in [0, 0.05) is 0 Å². The van der Waals surface area contributed by atoms with Crippen LogP contribution in [0.4, 0.5) is 0 Å². The second kappa shape index (κ2) is 11.0. The maximum Gasteiger partial charge on any atom is 0.225 e. The zero-order valence-electron chi connectivity index (χ0n) is 24.2. The fourth-order valence-electron chi connectivity index (χ4n) is 8.49. The molecule has 2 unspecified atom stereocenters. The predicted molar refractivity (Wildman–Crippen MR) is 195 cm³/mol. The molecule has 0 saturated carbocycles. The van der Waals surface area contributed by atoms with Crippen molar-refractivity contribution < 1.29 is 0 Å².